The zero-order chi connectivity index (χ0) is 17.2. The normalized spacial score (nSPS) is 12.0. The van der Waals surface area contributed by atoms with Gasteiger partial charge >= 0.3 is 6.18 Å². The molecule has 0 radical (unpaired) electrons. The van der Waals surface area contributed by atoms with Gasteiger partial charge in [-0.25, -0.2) is 4.98 Å². The van der Waals surface area contributed by atoms with Gasteiger partial charge in [0, 0.05) is 4.47 Å². The fraction of sp³-hybridized carbons (Fsp3) is 0.0556. The molecule has 0 aliphatic rings. The summed E-state index contributed by atoms with van der Waals surface area (Å²) in [4.78, 5) is 7.30. The maximum atomic E-state index is 12.6. The molecular weight excluding hydrogens is 381 g/mol. The van der Waals surface area contributed by atoms with Crippen LogP contribution in [0.1, 0.15) is 17.0 Å². The van der Waals surface area contributed by atoms with Gasteiger partial charge in [0.25, 0.3) is 0 Å². The molecule has 2 nitrogen and oxygen atoms in total. The standard InChI is InChI=1S/C18H12BrF3N2/c19-15-8-1-12(2-9-15)3-10-17-23-11-16(24-17)13-4-6-14(7-5-13)18(20,21)22/h1-11H,(H,23,24). The Kier molecular flexibility index (Phi) is 4.57. The molecular formula is C18H12BrF3N2. The van der Waals surface area contributed by atoms with E-state index in [1.54, 1.807) is 6.20 Å². The number of hydrogen-bond acceptors (Lipinski definition) is 1. The molecule has 2 aromatic carbocycles. The van der Waals surface area contributed by atoms with Gasteiger partial charge < -0.3 is 4.98 Å². The Bertz CT molecular complexity index is 847. The Morgan fingerprint density at radius 2 is 1.58 bits per heavy atom. The van der Waals surface area contributed by atoms with Crippen molar-refractivity contribution in [2.75, 3.05) is 0 Å². The van der Waals surface area contributed by atoms with Crippen LogP contribution in [0.25, 0.3) is 23.4 Å². The minimum Gasteiger partial charge on any atom is -0.338 e. The Labute approximate surface area is 145 Å². The molecule has 0 fully saturated rings. The third-order valence-electron chi connectivity index (χ3n) is 3.42. The summed E-state index contributed by atoms with van der Waals surface area (Å²) < 4.78 is 38.7. The first-order valence-electron chi connectivity index (χ1n) is 7.08. The predicted octanol–water partition coefficient (Wildman–Crippen LogP) is 6.03. The third kappa shape index (κ3) is 3.94. The van der Waals surface area contributed by atoms with Crippen LogP contribution in [0, 0.1) is 0 Å². The summed E-state index contributed by atoms with van der Waals surface area (Å²) in [6.45, 7) is 0. The molecule has 3 rings (SSSR count). The van der Waals surface area contributed by atoms with E-state index in [0.29, 0.717) is 17.1 Å². The average Bonchev–Trinajstić information content (AvgIpc) is 3.03. The number of halogens is 4. The van der Waals surface area contributed by atoms with E-state index in [1.165, 1.54) is 12.1 Å². The highest BCUT2D eigenvalue weighted by atomic mass is 79.9. The van der Waals surface area contributed by atoms with Gasteiger partial charge in [0.15, 0.2) is 0 Å². The number of alkyl halides is 3. The summed E-state index contributed by atoms with van der Waals surface area (Å²) in [5, 5.41) is 0. The van der Waals surface area contributed by atoms with Gasteiger partial charge in [-0.3, -0.25) is 0 Å². The number of nitrogens with zero attached hydrogens (tertiary/aromatic N) is 1. The summed E-state index contributed by atoms with van der Waals surface area (Å²) in [5.74, 6) is 0.632. The first-order chi connectivity index (χ1) is 11.4. The van der Waals surface area contributed by atoms with Crippen molar-refractivity contribution < 1.29 is 13.2 Å². The van der Waals surface area contributed by atoms with Crippen molar-refractivity contribution in [2.45, 2.75) is 6.18 Å². The summed E-state index contributed by atoms with van der Waals surface area (Å²) >= 11 is 3.37. The molecule has 1 N–H and O–H groups in total. The molecule has 0 spiro atoms. The average molecular weight is 393 g/mol. The number of H-pyrrole nitrogens is 1. The van der Waals surface area contributed by atoms with Crippen molar-refractivity contribution in [1.82, 2.24) is 9.97 Å². The second-order valence-electron chi connectivity index (χ2n) is 5.14. The van der Waals surface area contributed by atoms with Crippen molar-refractivity contribution in [3.05, 3.63) is 76.2 Å². The van der Waals surface area contributed by atoms with Gasteiger partial charge in [0.2, 0.25) is 0 Å². The molecule has 1 aromatic heterocycles. The van der Waals surface area contributed by atoms with Crippen LogP contribution in [0.15, 0.2) is 59.2 Å². The minimum absolute atomic E-state index is 0.632. The maximum Gasteiger partial charge on any atom is 0.416 e. The predicted molar refractivity (Wildman–Crippen MR) is 92.1 cm³/mol. The van der Waals surface area contributed by atoms with E-state index in [9.17, 15) is 13.2 Å². The van der Waals surface area contributed by atoms with E-state index in [-0.39, 0.29) is 0 Å². The highest BCUT2D eigenvalue weighted by Crippen LogP contribution is 2.30. The molecule has 3 aromatic rings. The zero-order valence-corrected chi connectivity index (χ0v) is 13.9. The van der Waals surface area contributed by atoms with Crippen molar-refractivity contribution >= 4 is 28.1 Å². The van der Waals surface area contributed by atoms with Crippen LogP contribution < -0.4 is 0 Å². The summed E-state index contributed by atoms with van der Waals surface area (Å²) in [6, 6.07) is 12.8. The van der Waals surface area contributed by atoms with Crippen molar-refractivity contribution in [1.29, 1.82) is 0 Å². The van der Waals surface area contributed by atoms with Gasteiger partial charge in [-0.05, 0) is 41.5 Å². The van der Waals surface area contributed by atoms with Crippen molar-refractivity contribution in [3.63, 3.8) is 0 Å². The lowest BCUT2D eigenvalue weighted by Gasteiger charge is -2.06. The highest BCUT2D eigenvalue weighted by Gasteiger charge is 2.29. The molecule has 24 heavy (non-hydrogen) atoms. The number of imidazole rings is 1. The van der Waals surface area contributed by atoms with E-state index >= 15 is 0 Å². The summed E-state index contributed by atoms with van der Waals surface area (Å²) in [6.07, 6.45) is 0.994. The van der Waals surface area contributed by atoms with Gasteiger partial charge in [0.05, 0.1) is 17.5 Å². The Balaban J connectivity index is 1.76. The second-order valence-corrected chi connectivity index (χ2v) is 6.06. The number of aromatic nitrogens is 2. The Morgan fingerprint density at radius 3 is 2.21 bits per heavy atom. The smallest absolute Gasteiger partial charge is 0.338 e. The van der Waals surface area contributed by atoms with Crippen LogP contribution in [0.4, 0.5) is 13.2 Å². The van der Waals surface area contributed by atoms with E-state index in [2.05, 4.69) is 25.9 Å². The SMILES string of the molecule is FC(F)(F)c1ccc(-c2cnc(C=Cc3ccc(Br)cc3)[nH]2)cc1. The number of hydrogen-bond donors (Lipinski definition) is 1. The molecule has 0 amide bonds. The lowest BCUT2D eigenvalue weighted by molar-refractivity contribution is -0.137. The lowest BCUT2D eigenvalue weighted by atomic mass is 10.1. The van der Waals surface area contributed by atoms with Crippen molar-refractivity contribution in [3.8, 4) is 11.3 Å². The van der Waals surface area contributed by atoms with E-state index < -0.39 is 11.7 Å². The van der Waals surface area contributed by atoms with Gasteiger partial charge in [-0.1, -0.05) is 46.3 Å². The topological polar surface area (TPSA) is 28.7 Å². The number of rotatable bonds is 3. The largest absolute Gasteiger partial charge is 0.416 e. The second kappa shape index (κ2) is 6.65. The van der Waals surface area contributed by atoms with Gasteiger partial charge in [-0.2, -0.15) is 13.2 Å². The molecule has 6 heteroatoms. The van der Waals surface area contributed by atoms with Crippen molar-refractivity contribution in [2.24, 2.45) is 0 Å². The maximum absolute atomic E-state index is 12.6. The molecule has 0 saturated carbocycles. The molecule has 1 heterocycles. The van der Waals surface area contributed by atoms with Gasteiger partial charge in [-0.15, -0.1) is 0 Å². The fourth-order valence-electron chi connectivity index (χ4n) is 2.16. The van der Waals surface area contributed by atoms with Crippen LogP contribution in [0.3, 0.4) is 0 Å². The van der Waals surface area contributed by atoms with E-state index in [4.69, 9.17) is 0 Å². The zero-order valence-electron chi connectivity index (χ0n) is 12.3. The molecule has 0 atom stereocenters. The molecule has 0 aliphatic heterocycles. The minimum atomic E-state index is -4.33. The fourth-order valence-corrected chi connectivity index (χ4v) is 2.42. The first-order valence-corrected chi connectivity index (χ1v) is 7.87. The Hall–Kier alpha value is -2.34. The highest BCUT2D eigenvalue weighted by molar-refractivity contribution is 9.10. The van der Waals surface area contributed by atoms with Crippen LogP contribution in [-0.2, 0) is 6.18 Å². The van der Waals surface area contributed by atoms with Crippen LogP contribution in [0.2, 0.25) is 0 Å². The first kappa shape index (κ1) is 16.5. The van der Waals surface area contributed by atoms with Crippen LogP contribution in [-0.4, -0.2) is 9.97 Å². The molecule has 0 unspecified atom stereocenters. The van der Waals surface area contributed by atoms with Gasteiger partial charge in [0.1, 0.15) is 5.82 Å². The van der Waals surface area contributed by atoms with Crippen LogP contribution >= 0.6 is 15.9 Å². The number of nitrogens with one attached hydrogen (secondary N) is 1. The van der Waals surface area contributed by atoms with E-state index in [1.807, 2.05) is 36.4 Å². The molecule has 0 aliphatic carbocycles. The Morgan fingerprint density at radius 1 is 0.917 bits per heavy atom. The van der Waals surface area contributed by atoms with Crippen LogP contribution in [0.5, 0.6) is 0 Å². The third-order valence-corrected chi connectivity index (χ3v) is 3.95. The summed E-state index contributed by atoms with van der Waals surface area (Å²) in [5.41, 5.74) is 1.67. The lowest BCUT2D eigenvalue weighted by Crippen LogP contribution is -2.03. The van der Waals surface area contributed by atoms with E-state index in [0.717, 1.165) is 22.2 Å². The monoisotopic (exact) mass is 392 g/mol. The quantitative estimate of drug-likeness (QED) is 0.579. The number of aromatic amines is 1. The molecule has 0 bridgehead atoms. The number of benzene rings is 2. The summed E-state index contributed by atoms with van der Waals surface area (Å²) in [7, 11) is 0. The molecule has 122 valence electrons. The molecule has 0 saturated heterocycles.